The van der Waals surface area contributed by atoms with E-state index in [0.717, 1.165) is 6.42 Å². The van der Waals surface area contributed by atoms with Crippen LogP contribution in [0.4, 0.5) is 11.5 Å². The first-order valence-corrected chi connectivity index (χ1v) is 6.48. The number of nitrogens with one attached hydrogen (secondary N) is 1. The van der Waals surface area contributed by atoms with Crippen molar-refractivity contribution in [3.05, 3.63) is 50.3 Å². The van der Waals surface area contributed by atoms with E-state index in [1.54, 1.807) is 17.4 Å². The van der Waals surface area contributed by atoms with Gasteiger partial charge < -0.3 is 5.32 Å². The zero-order chi connectivity index (χ0) is 13.0. The van der Waals surface area contributed by atoms with Crippen molar-refractivity contribution in [3.8, 4) is 0 Å². The molecule has 0 aromatic carbocycles. The summed E-state index contributed by atoms with van der Waals surface area (Å²) in [5.41, 5.74) is 1.33. The van der Waals surface area contributed by atoms with Crippen LogP contribution in [0.15, 0.2) is 29.8 Å². The van der Waals surface area contributed by atoms with Crippen molar-refractivity contribution in [1.82, 2.24) is 4.98 Å². The fourth-order valence-electron chi connectivity index (χ4n) is 1.61. The second-order valence-corrected chi connectivity index (χ2v) is 4.74. The minimum Gasteiger partial charge on any atom is -0.365 e. The van der Waals surface area contributed by atoms with Crippen LogP contribution >= 0.6 is 11.3 Å². The summed E-state index contributed by atoms with van der Waals surface area (Å²) in [6.07, 6.45) is 2.27. The molecule has 0 aliphatic heterocycles. The molecule has 0 saturated heterocycles. The molecule has 2 rings (SSSR count). The van der Waals surface area contributed by atoms with Gasteiger partial charge in [-0.2, -0.15) is 0 Å². The van der Waals surface area contributed by atoms with Gasteiger partial charge in [0.15, 0.2) is 0 Å². The Bertz CT molecular complexity index is 537. The maximum absolute atomic E-state index is 10.5. The van der Waals surface area contributed by atoms with E-state index in [1.807, 2.05) is 0 Å². The first-order valence-electron chi connectivity index (χ1n) is 5.60. The first kappa shape index (κ1) is 12.5. The van der Waals surface area contributed by atoms with Crippen LogP contribution in [0.3, 0.4) is 0 Å². The van der Waals surface area contributed by atoms with E-state index < -0.39 is 4.92 Å². The number of nitro groups is 1. The Morgan fingerprint density at radius 2 is 2.28 bits per heavy atom. The molecule has 0 bridgehead atoms. The summed E-state index contributed by atoms with van der Waals surface area (Å²) in [6, 6.07) is 5.19. The summed E-state index contributed by atoms with van der Waals surface area (Å²) in [5.74, 6) is 0.649. The third-order valence-electron chi connectivity index (χ3n) is 2.61. The van der Waals surface area contributed by atoms with E-state index >= 15 is 0 Å². The molecule has 0 unspecified atom stereocenters. The monoisotopic (exact) mass is 263 g/mol. The normalized spacial score (nSPS) is 10.3. The first-order chi connectivity index (χ1) is 8.70. The SMILES string of the molecule is CCc1ccsc1CNc1ccc([N+](=O)[O-])cn1. The van der Waals surface area contributed by atoms with Gasteiger partial charge in [0, 0.05) is 10.9 Å². The van der Waals surface area contributed by atoms with Gasteiger partial charge in [0.2, 0.25) is 0 Å². The second kappa shape index (κ2) is 5.59. The van der Waals surface area contributed by atoms with E-state index in [2.05, 4.69) is 28.7 Å². The van der Waals surface area contributed by atoms with Crippen LogP contribution in [0.25, 0.3) is 0 Å². The fourth-order valence-corrected chi connectivity index (χ4v) is 2.52. The Labute approximate surface area is 109 Å². The van der Waals surface area contributed by atoms with Crippen molar-refractivity contribution in [1.29, 1.82) is 0 Å². The van der Waals surface area contributed by atoms with Crippen molar-refractivity contribution in [3.63, 3.8) is 0 Å². The Morgan fingerprint density at radius 3 is 2.89 bits per heavy atom. The maximum Gasteiger partial charge on any atom is 0.287 e. The third kappa shape index (κ3) is 2.84. The van der Waals surface area contributed by atoms with Crippen LogP contribution in [0.1, 0.15) is 17.4 Å². The van der Waals surface area contributed by atoms with Gasteiger partial charge in [-0.05, 0) is 29.5 Å². The lowest BCUT2D eigenvalue weighted by molar-refractivity contribution is -0.385. The van der Waals surface area contributed by atoms with Crippen molar-refractivity contribution in [2.45, 2.75) is 19.9 Å². The molecule has 94 valence electrons. The zero-order valence-electron chi connectivity index (χ0n) is 9.92. The van der Waals surface area contributed by atoms with Crippen LogP contribution in [0.2, 0.25) is 0 Å². The molecule has 0 aliphatic carbocycles. The van der Waals surface area contributed by atoms with E-state index in [9.17, 15) is 10.1 Å². The van der Waals surface area contributed by atoms with Crippen LogP contribution in [0, 0.1) is 10.1 Å². The highest BCUT2D eigenvalue weighted by Crippen LogP contribution is 2.19. The Balaban J connectivity index is 2.00. The predicted molar refractivity (Wildman–Crippen MR) is 71.9 cm³/mol. The number of rotatable bonds is 5. The van der Waals surface area contributed by atoms with E-state index in [0.29, 0.717) is 12.4 Å². The lowest BCUT2D eigenvalue weighted by atomic mass is 10.2. The van der Waals surface area contributed by atoms with Crippen LogP contribution in [0.5, 0.6) is 0 Å². The number of aryl methyl sites for hydroxylation is 1. The Morgan fingerprint density at radius 1 is 1.44 bits per heavy atom. The summed E-state index contributed by atoms with van der Waals surface area (Å²) >= 11 is 1.70. The summed E-state index contributed by atoms with van der Waals surface area (Å²) in [5, 5.41) is 15.7. The molecule has 0 amide bonds. The summed E-state index contributed by atoms with van der Waals surface area (Å²) in [6.45, 7) is 2.82. The number of pyridine rings is 1. The van der Waals surface area contributed by atoms with Crippen LogP contribution < -0.4 is 5.32 Å². The van der Waals surface area contributed by atoms with Crippen LogP contribution in [-0.4, -0.2) is 9.91 Å². The number of hydrogen-bond acceptors (Lipinski definition) is 5. The molecule has 0 saturated carbocycles. The highest BCUT2D eigenvalue weighted by atomic mass is 32.1. The molecule has 2 aromatic rings. The van der Waals surface area contributed by atoms with Crippen molar-refractivity contribution < 1.29 is 4.92 Å². The minimum atomic E-state index is -0.453. The third-order valence-corrected chi connectivity index (χ3v) is 3.57. The fraction of sp³-hybridized carbons (Fsp3) is 0.250. The van der Waals surface area contributed by atoms with Gasteiger partial charge in [0.1, 0.15) is 12.0 Å². The van der Waals surface area contributed by atoms with E-state index in [1.165, 1.54) is 22.7 Å². The van der Waals surface area contributed by atoms with Crippen molar-refractivity contribution >= 4 is 22.8 Å². The minimum absolute atomic E-state index is 0.00548. The number of aromatic nitrogens is 1. The molecular weight excluding hydrogens is 250 g/mol. The molecule has 1 N–H and O–H groups in total. The van der Waals surface area contributed by atoms with Gasteiger partial charge in [-0.1, -0.05) is 6.92 Å². The van der Waals surface area contributed by atoms with Gasteiger partial charge in [0.25, 0.3) is 5.69 Å². The van der Waals surface area contributed by atoms with Gasteiger partial charge >= 0.3 is 0 Å². The largest absolute Gasteiger partial charge is 0.365 e. The molecular formula is C12H13N3O2S. The molecule has 5 nitrogen and oxygen atoms in total. The van der Waals surface area contributed by atoms with Crippen LogP contribution in [-0.2, 0) is 13.0 Å². The highest BCUT2D eigenvalue weighted by molar-refractivity contribution is 7.10. The average Bonchev–Trinajstić information content (AvgIpc) is 2.84. The molecule has 6 heteroatoms. The maximum atomic E-state index is 10.5. The quantitative estimate of drug-likeness (QED) is 0.664. The van der Waals surface area contributed by atoms with Gasteiger partial charge in [-0.15, -0.1) is 11.3 Å². The van der Waals surface area contributed by atoms with Gasteiger partial charge in [-0.3, -0.25) is 10.1 Å². The topological polar surface area (TPSA) is 68.1 Å². The molecule has 0 fully saturated rings. The second-order valence-electron chi connectivity index (χ2n) is 3.73. The zero-order valence-corrected chi connectivity index (χ0v) is 10.7. The molecule has 0 spiro atoms. The number of thiophene rings is 1. The molecule has 2 aromatic heterocycles. The lowest BCUT2D eigenvalue weighted by Crippen LogP contribution is -2.01. The highest BCUT2D eigenvalue weighted by Gasteiger charge is 2.06. The standard InChI is InChI=1S/C12H13N3O2S/c1-2-9-5-6-18-11(9)8-14-12-4-3-10(7-13-12)15(16)17/h3-7H,2,8H2,1H3,(H,13,14). The van der Waals surface area contributed by atoms with E-state index in [4.69, 9.17) is 0 Å². The lowest BCUT2D eigenvalue weighted by Gasteiger charge is -2.05. The summed E-state index contributed by atoms with van der Waals surface area (Å²) in [4.78, 5) is 15.3. The van der Waals surface area contributed by atoms with E-state index in [-0.39, 0.29) is 5.69 Å². The van der Waals surface area contributed by atoms with Crippen molar-refractivity contribution in [2.24, 2.45) is 0 Å². The molecule has 0 aliphatic rings. The number of anilines is 1. The van der Waals surface area contributed by atoms with Crippen molar-refractivity contribution in [2.75, 3.05) is 5.32 Å². The molecule has 2 heterocycles. The number of hydrogen-bond donors (Lipinski definition) is 1. The number of nitrogens with zero attached hydrogens (tertiary/aromatic N) is 2. The summed E-state index contributed by atoms with van der Waals surface area (Å²) in [7, 11) is 0. The molecule has 0 radical (unpaired) electrons. The predicted octanol–water partition coefficient (Wildman–Crippen LogP) is 3.23. The van der Waals surface area contributed by atoms with Gasteiger partial charge in [-0.25, -0.2) is 4.98 Å². The van der Waals surface area contributed by atoms with Gasteiger partial charge in [0.05, 0.1) is 11.5 Å². The smallest absolute Gasteiger partial charge is 0.287 e. The molecule has 18 heavy (non-hydrogen) atoms. The Hall–Kier alpha value is -1.95. The summed E-state index contributed by atoms with van der Waals surface area (Å²) < 4.78 is 0. The molecule has 0 atom stereocenters. The Kier molecular flexibility index (Phi) is 3.88. The average molecular weight is 263 g/mol.